The molecule has 0 saturated carbocycles. The Morgan fingerprint density at radius 1 is 0.324 bits per heavy atom. The molecule has 0 aromatic heterocycles. The fraction of sp³-hybridized carbons (Fsp3) is 0.971. The highest BCUT2D eigenvalue weighted by Crippen LogP contribution is 2.19. The van der Waals surface area contributed by atoms with Crippen molar-refractivity contribution in [1.82, 2.24) is 5.32 Å². The van der Waals surface area contributed by atoms with Gasteiger partial charge in [0.05, 0.1) is 25.4 Å². The van der Waals surface area contributed by atoms with Crippen molar-refractivity contribution >= 4 is 11.9 Å². The highest BCUT2D eigenvalue weighted by atomic mass is 16.5. The summed E-state index contributed by atoms with van der Waals surface area (Å²) in [6.45, 7) is 4.99. The molecule has 0 aromatic rings. The summed E-state index contributed by atoms with van der Waals surface area (Å²) in [6, 6.07) is -0.542. The highest BCUT2D eigenvalue weighted by Gasteiger charge is 2.20. The molecule has 0 saturated heterocycles. The minimum absolute atomic E-state index is 0.0144. The summed E-state index contributed by atoms with van der Waals surface area (Å²) in [5, 5.41) is 23.4. The van der Waals surface area contributed by atoms with E-state index in [1.165, 1.54) is 327 Å². The molecular weight excluding hydrogens is 911 g/mol. The van der Waals surface area contributed by atoms with E-state index < -0.39 is 12.1 Å². The van der Waals surface area contributed by atoms with Gasteiger partial charge in [-0.2, -0.15) is 0 Å². The van der Waals surface area contributed by atoms with Crippen molar-refractivity contribution in [2.24, 2.45) is 0 Å². The van der Waals surface area contributed by atoms with E-state index in [1.807, 2.05) is 0 Å². The van der Waals surface area contributed by atoms with Crippen LogP contribution in [0.1, 0.15) is 399 Å². The molecular formula is C68H135NO5. The lowest BCUT2D eigenvalue weighted by Crippen LogP contribution is -2.45. The van der Waals surface area contributed by atoms with Gasteiger partial charge in [-0.25, -0.2) is 0 Å². The molecule has 2 unspecified atom stereocenters. The maximum Gasteiger partial charge on any atom is 0.305 e. The Hall–Kier alpha value is -1.14. The van der Waals surface area contributed by atoms with Crippen molar-refractivity contribution in [3.8, 4) is 0 Å². The van der Waals surface area contributed by atoms with Gasteiger partial charge in [-0.05, 0) is 25.7 Å². The third-order valence-corrected chi connectivity index (χ3v) is 16.4. The van der Waals surface area contributed by atoms with Crippen LogP contribution in [0.25, 0.3) is 0 Å². The molecule has 0 bridgehead atoms. The van der Waals surface area contributed by atoms with Crippen molar-refractivity contribution in [3.63, 3.8) is 0 Å². The van der Waals surface area contributed by atoms with Gasteiger partial charge in [-0.1, -0.05) is 361 Å². The number of hydrogen-bond donors (Lipinski definition) is 3. The second-order valence-electron chi connectivity index (χ2n) is 23.9. The molecule has 0 aromatic carbocycles. The van der Waals surface area contributed by atoms with Crippen LogP contribution in [0.3, 0.4) is 0 Å². The molecule has 1 amide bonds. The second-order valence-corrected chi connectivity index (χ2v) is 23.9. The number of ether oxygens (including phenoxy) is 1. The second kappa shape index (κ2) is 64.4. The molecule has 74 heavy (non-hydrogen) atoms. The van der Waals surface area contributed by atoms with Crippen molar-refractivity contribution in [2.45, 2.75) is 411 Å². The van der Waals surface area contributed by atoms with E-state index in [0.29, 0.717) is 25.9 Å². The first kappa shape index (κ1) is 72.9. The third-order valence-electron chi connectivity index (χ3n) is 16.4. The van der Waals surface area contributed by atoms with E-state index in [-0.39, 0.29) is 18.5 Å². The predicted molar refractivity (Wildman–Crippen MR) is 324 cm³/mol. The van der Waals surface area contributed by atoms with E-state index in [0.717, 1.165) is 38.5 Å². The zero-order chi connectivity index (χ0) is 53.6. The molecule has 0 aliphatic carbocycles. The first-order chi connectivity index (χ1) is 36.5. The maximum absolute atomic E-state index is 12.5. The molecule has 442 valence electrons. The average Bonchev–Trinajstić information content (AvgIpc) is 3.40. The number of rotatable bonds is 65. The maximum atomic E-state index is 12.5. The van der Waals surface area contributed by atoms with Gasteiger partial charge in [0.2, 0.25) is 5.91 Å². The summed E-state index contributed by atoms with van der Waals surface area (Å²) < 4.78 is 5.47. The number of carbonyl (C=O) groups excluding carboxylic acids is 2. The molecule has 0 aliphatic heterocycles. The number of aliphatic hydroxyl groups is 2. The molecule has 0 spiro atoms. The fourth-order valence-electron chi connectivity index (χ4n) is 11.2. The number of aliphatic hydroxyl groups excluding tert-OH is 2. The van der Waals surface area contributed by atoms with E-state index >= 15 is 0 Å². The van der Waals surface area contributed by atoms with Crippen LogP contribution in [0.2, 0.25) is 0 Å². The number of unbranched alkanes of at least 4 members (excludes halogenated alkanes) is 54. The Balaban J connectivity index is 3.37. The van der Waals surface area contributed by atoms with Crippen LogP contribution in [0.5, 0.6) is 0 Å². The van der Waals surface area contributed by atoms with Crippen molar-refractivity contribution in [1.29, 1.82) is 0 Å². The van der Waals surface area contributed by atoms with Crippen molar-refractivity contribution in [3.05, 3.63) is 0 Å². The first-order valence-corrected chi connectivity index (χ1v) is 34.3. The minimum atomic E-state index is -0.665. The average molecular weight is 1050 g/mol. The zero-order valence-corrected chi connectivity index (χ0v) is 50.6. The fourth-order valence-corrected chi connectivity index (χ4v) is 11.2. The van der Waals surface area contributed by atoms with Gasteiger partial charge in [0.25, 0.3) is 0 Å². The van der Waals surface area contributed by atoms with Gasteiger partial charge in [-0.3, -0.25) is 9.59 Å². The summed E-state index contributed by atoms with van der Waals surface area (Å²) in [7, 11) is 0. The predicted octanol–water partition coefficient (Wildman–Crippen LogP) is 21.8. The van der Waals surface area contributed by atoms with Crippen LogP contribution in [0.15, 0.2) is 0 Å². The van der Waals surface area contributed by atoms with Crippen LogP contribution in [-0.2, 0) is 14.3 Å². The van der Waals surface area contributed by atoms with E-state index in [1.54, 1.807) is 0 Å². The largest absolute Gasteiger partial charge is 0.466 e. The number of esters is 1. The van der Waals surface area contributed by atoms with Crippen LogP contribution >= 0.6 is 0 Å². The lowest BCUT2D eigenvalue weighted by Gasteiger charge is -2.22. The smallest absolute Gasteiger partial charge is 0.305 e. The Kier molecular flexibility index (Phi) is 63.4. The van der Waals surface area contributed by atoms with E-state index in [2.05, 4.69) is 19.2 Å². The molecule has 3 N–H and O–H groups in total. The van der Waals surface area contributed by atoms with E-state index in [4.69, 9.17) is 4.74 Å². The summed E-state index contributed by atoms with van der Waals surface area (Å²) in [4.78, 5) is 24.6. The molecule has 6 nitrogen and oxygen atoms in total. The first-order valence-electron chi connectivity index (χ1n) is 34.3. The molecule has 0 heterocycles. The Bertz CT molecular complexity index is 1070. The van der Waals surface area contributed by atoms with E-state index in [9.17, 15) is 19.8 Å². The van der Waals surface area contributed by atoms with Crippen LogP contribution in [-0.4, -0.2) is 47.4 Å². The van der Waals surface area contributed by atoms with Gasteiger partial charge < -0.3 is 20.3 Å². The molecule has 6 heteroatoms. The van der Waals surface area contributed by atoms with Gasteiger partial charge >= 0.3 is 5.97 Å². The minimum Gasteiger partial charge on any atom is -0.466 e. The van der Waals surface area contributed by atoms with Gasteiger partial charge in [0.1, 0.15) is 0 Å². The van der Waals surface area contributed by atoms with Crippen LogP contribution in [0, 0.1) is 0 Å². The van der Waals surface area contributed by atoms with Gasteiger partial charge in [-0.15, -0.1) is 0 Å². The SMILES string of the molecule is CCCCCCCCCCCCCCCCCCCCCCCCCCC(O)C(CO)NC(=O)CCCCCCCCCCCCCCCCCCCCCCCCOC(=O)CCCCCCCCCCCCC. The molecule has 2 atom stereocenters. The number of carbonyl (C=O) groups is 2. The lowest BCUT2D eigenvalue weighted by atomic mass is 10.0. The quantitative estimate of drug-likeness (QED) is 0.0417. The van der Waals surface area contributed by atoms with Crippen LogP contribution in [0.4, 0.5) is 0 Å². The third kappa shape index (κ3) is 60.1. The van der Waals surface area contributed by atoms with Crippen molar-refractivity contribution < 1.29 is 24.5 Å². The van der Waals surface area contributed by atoms with Gasteiger partial charge in [0, 0.05) is 12.8 Å². The topological polar surface area (TPSA) is 95.9 Å². The Labute approximate surface area is 464 Å². The molecule has 0 radical (unpaired) electrons. The summed E-state index contributed by atoms with van der Waals surface area (Å²) >= 11 is 0. The van der Waals surface area contributed by atoms with Crippen LogP contribution < -0.4 is 5.32 Å². The normalized spacial score (nSPS) is 12.4. The summed E-state index contributed by atoms with van der Waals surface area (Å²) in [6.07, 6.45) is 77.1. The summed E-state index contributed by atoms with van der Waals surface area (Å²) in [5.41, 5.74) is 0. The summed E-state index contributed by atoms with van der Waals surface area (Å²) in [5.74, 6) is -0.0150. The number of hydrogen-bond acceptors (Lipinski definition) is 5. The lowest BCUT2D eigenvalue weighted by molar-refractivity contribution is -0.143. The number of nitrogens with one attached hydrogen (secondary N) is 1. The Morgan fingerprint density at radius 2 is 0.554 bits per heavy atom. The molecule has 0 fully saturated rings. The highest BCUT2D eigenvalue weighted by molar-refractivity contribution is 5.76. The monoisotopic (exact) mass is 1050 g/mol. The van der Waals surface area contributed by atoms with Crippen molar-refractivity contribution in [2.75, 3.05) is 13.2 Å². The number of amides is 1. The molecule has 0 aliphatic rings. The Morgan fingerprint density at radius 3 is 0.824 bits per heavy atom. The standard InChI is InChI=1S/C68H135NO5/c1-3-5-7-9-11-13-15-16-17-18-19-20-21-22-25-28-31-34-37-41-44-48-52-56-60-66(71)65(64-70)69-67(72)61-57-53-49-45-42-38-35-32-29-26-23-24-27-30-33-36-39-43-47-51-55-59-63-74-68(73)62-58-54-50-46-40-14-12-10-8-6-4-2/h65-66,70-71H,3-64H2,1-2H3,(H,69,72). The zero-order valence-electron chi connectivity index (χ0n) is 50.6. The van der Waals surface area contributed by atoms with Gasteiger partial charge in [0.15, 0.2) is 0 Å². The molecule has 0 rings (SSSR count).